The Morgan fingerprint density at radius 2 is 1.13 bits per heavy atom. The molecule has 0 bridgehead atoms. The molecule has 0 atom stereocenters. The van der Waals surface area contributed by atoms with Crippen molar-refractivity contribution in [2.24, 2.45) is 0 Å². The number of aryl methyl sites for hydroxylation is 2. The fourth-order valence-electron chi connectivity index (χ4n) is 3.80. The van der Waals surface area contributed by atoms with E-state index in [-0.39, 0.29) is 34.0 Å². The largest absolute Gasteiger partial charge is 0.477 e. The molecule has 0 radical (unpaired) electrons. The molecule has 0 saturated heterocycles. The Bertz CT molecular complexity index is 1690. The molecular formula is C26H22F4N2O6. The normalized spacial score (nSPS) is 10.8. The number of carbonyl (C=O) groups is 2. The molecule has 4 aromatic rings. The molecular weight excluding hydrogens is 512 g/mol. The Morgan fingerprint density at radius 1 is 0.737 bits per heavy atom. The topological polar surface area (TPSA) is 108 Å². The van der Waals surface area contributed by atoms with Crippen LogP contribution in [-0.4, -0.2) is 32.8 Å². The molecule has 2 heterocycles. The molecule has 0 aliphatic heterocycles. The SMILES string of the molecule is CCOC(=O)c1cn(CC)c2cc(F)c(F)cc2c1=O.CCn1cc(C(=O)O)c(=O)c2cc(F)c(F)cc21. The van der Waals surface area contributed by atoms with Gasteiger partial charge in [0.2, 0.25) is 10.9 Å². The number of carboxylic acid groups (broad SMARTS) is 1. The van der Waals surface area contributed by atoms with Crippen LogP contribution in [0.1, 0.15) is 41.5 Å². The van der Waals surface area contributed by atoms with Crippen LogP contribution in [0.2, 0.25) is 0 Å². The van der Waals surface area contributed by atoms with E-state index in [1.54, 1.807) is 20.8 Å². The third-order valence-electron chi connectivity index (χ3n) is 5.65. The highest BCUT2D eigenvalue weighted by atomic mass is 19.2. The summed E-state index contributed by atoms with van der Waals surface area (Å²) in [5, 5.41) is 8.70. The molecule has 2 aromatic carbocycles. The second kappa shape index (κ2) is 11.3. The van der Waals surface area contributed by atoms with Crippen molar-refractivity contribution in [2.75, 3.05) is 6.61 Å². The molecule has 2 aromatic heterocycles. The fraction of sp³-hybridized carbons (Fsp3) is 0.231. The van der Waals surface area contributed by atoms with Gasteiger partial charge in [0.05, 0.1) is 17.6 Å². The molecule has 0 aliphatic rings. The number of hydrogen-bond acceptors (Lipinski definition) is 5. The molecule has 12 heteroatoms. The molecule has 0 fully saturated rings. The van der Waals surface area contributed by atoms with Crippen LogP contribution in [0.3, 0.4) is 0 Å². The lowest BCUT2D eigenvalue weighted by Gasteiger charge is -2.11. The molecule has 0 saturated carbocycles. The molecule has 8 nitrogen and oxygen atoms in total. The van der Waals surface area contributed by atoms with E-state index in [1.807, 2.05) is 0 Å². The lowest BCUT2D eigenvalue weighted by Crippen LogP contribution is -2.21. The third-order valence-corrected chi connectivity index (χ3v) is 5.65. The van der Waals surface area contributed by atoms with Crippen LogP contribution in [-0.2, 0) is 17.8 Å². The number of rotatable bonds is 5. The number of halogens is 4. The Labute approximate surface area is 212 Å². The molecule has 0 unspecified atom stereocenters. The summed E-state index contributed by atoms with van der Waals surface area (Å²) in [6.45, 7) is 5.94. The highest BCUT2D eigenvalue weighted by Gasteiger charge is 2.18. The van der Waals surface area contributed by atoms with Gasteiger partial charge in [-0.2, -0.15) is 0 Å². The number of fused-ring (bicyclic) bond motifs is 2. The number of benzene rings is 2. The van der Waals surface area contributed by atoms with Crippen LogP contribution in [0, 0.1) is 23.3 Å². The summed E-state index contributed by atoms with van der Waals surface area (Å²) in [6.07, 6.45) is 2.43. The number of ether oxygens (including phenoxy) is 1. The van der Waals surface area contributed by atoms with Gasteiger partial charge in [-0.25, -0.2) is 27.2 Å². The summed E-state index contributed by atoms with van der Waals surface area (Å²) in [4.78, 5) is 46.6. The molecule has 1 N–H and O–H groups in total. The highest BCUT2D eigenvalue weighted by molar-refractivity contribution is 5.94. The third kappa shape index (κ3) is 5.29. The average molecular weight is 534 g/mol. The summed E-state index contributed by atoms with van der Waals surface area (Å²) >= 11 is 0. The van der Waals surface area contributed by atoms with Crippen LogP contribution >= 0.6 is 0 Å². The summed E-state index contributed by atoms with van der Waals surface area (Å²) < 4.78 is 60.6. The summed E-state index contributed by atoms with van der Waals surface area (Å²) in [6, 6.07) is 3.37. The highest BCUT2D eigenvalue weighted by Crippen LogP contribution is 2.18. The van der Waals surface area contributed by atoms with Crippen LogP contribution in [0.4, 0.5) is 17.6 Å². The van der Waals surface area contributed by atoms with E-state index in [0.29, 0.717) is 13.1 Å². The van der Waals surface area contributed by atoms with Gasteiger partial charge in [0.25, 0.3) is 0 Å². The second-order valence-corrected chi connectivity index (χ2v) is 7.91. The van der Waals surface area contributed by atoms with E-state index in [2.05, 4.69) is 0 Å². The summed E-state index contributed by atoms with van der Waals surface area (Å²) in [7, 11) is 0. The zero-order chi connectivity index (χ0) is 28.3. The number of esters is 1. The van der Waals surface area contributed by atoms with E-state index < -0.39 is 51.6 Å². The van der Waals surface area contributed by atoms with Crippen molar-refractivity contribution in [1.29, 1.82) is 0 Å². The van der Waals surface area contributed by atoms with Crippen molar-refractivity contribution in [3.05, 3.63) is 91.5 Å². The molecule has 200 valence electrons. The van der Waals surface area contributed by atoms with Gasteiger partial charge in [-0.1, -0.05) is 0 Å². The van der Waals surface area contributed by atoms with Crippen molar-refractivity contribution in [2.45, 2.75) is 33.9 Å². The predicted molar refractivity (Wildman–Crippen MR) is 131 cm³/mol. The molecule has 0 amide bonds. The Morgan fingerprint density at radius 3 is 1.53 bits per heavy atom. The first-order chi connectivity index (χ1) is 17.9. The maximum atomic E-state index is 13.3. The monoisotopic (exact) mass is 534 g/mol. The minimum Gasteiger partial charge on any atom is -0.477 e. The van der Waals surface area contributed by atoms with Gasteiger partial charge in [-0.3, -0.25) is 9.59 Å². The van der Waals surface area contributed by atoms with Gasteiger partial charge >= 0.3 is 11.9 Å². The Kier molecular flexibility index (Phi) is 8.34. The first-order valence-corrected chi connectivity index (χ1v) is 11.4. The standard InChI is InChI=1S/C14H13F2NO3.C12H9F2NO3/c1-3-17-7-9(14(19)20-4-2)13(18)8-5-10(15)11(16)6-12(8)17;1-2-15-5-7(12(17)18)11(16)6-3-8(13)9(14)4-10(6)15/h5-7H,3-4H2,1-2H3;3-5H,2H2,1H3,(H,17,18). The number of carboxylic acids is 1. The fourth-order valence-corrected chi connectivity index (χ4v) is 3.80. The van der Waals surface area contributed by atoms with Gasteiger partial charge in [0, 0.05) is 48.4 Å². The van der Waals surface area contributed by atoms with E-state index in [9.17, 15) is 36.7 Å². The van der Waals surface area contributed by atoms with Gasteiger partial charge in [0.1, 0.15) is 11.1 Å². The number of nitrogens with zero attached hydrogens (tertiary/aromatic N) is 2. The zero-order valence-corrected chi connectivity index (χ0v) is 20.5. The second-order valence-electron chi connectivity index (χ2n) is 7.91. The van der Waals surface area contributed by atoms with Crippen molar-refractivity contribution in [3.63, 3.8) is 0 Å². The molecule has 0 aliphatic carbocycles. The van der Waals surface area contributed by atoms with Crippen LogP contribution in [0.5, 0.6) is 0 Å². The minimum atomic E-state index is -1.39. The number of hydrogen-bond donors (Lipinski definition) is 1. The van der Waals surface area contributed by atoms with Crippen molar-refractivity contribution in [1.82, 2.24) is 9.13 Å². The lowest BCUT2D eigenvalue weighted by atomic mass is 10.1. The van der Waals surface area contributed by atoms with Crippen molar-refractivity contribution in [3.8, 4) is 0 Å². The van der Waals surface area contributed by atoms with Gasteiger partial charge < -0.3 is 19.0 Å². The van der Waals surface area contributed by atoms with Gasteiger partial charge in [-0.15, -0.1) is 0 Å². The quantitative estimate of drug-likeness (QED) is 0.299. The smallest absolute Gasteiger partial charge is 0.343 e. The van der Waals surface area contributed by atoms with Crippen molar-refractivity contribution >= 4 is 33.7 Å². The van der Waals surface area contributed by atoms with E-state index in [0.717, 1.165) is 30.5 Å². The Balaban J connectivity index is 0.000000212. The zero-order valence-electron chi connectivity index (χ0n) is 20.5. The molecule has 38 heavy (non-hydrogen) atoms. The number of pyridine rings is 2. The number of carbonyl (C=O) groups excluding carboxylic acids is 1. The van der Waals surface area contributed by atoms with Gasteiger partial charge in [0.15, 0.2) is 23.3 Å². The minimum absolute atomic E-state index is 0.0451. The van der Waals surface area contributed by atoms with E-state index in [4.69, 9.17) is 9.84 Å². The maximum absolute atomic E-state index is 13.3. The maximum Gasteiger partial charge on any atom is 0.343 e. The van der Waals surface area contributed by atoms with Gasteiger partial charge in [-0.05, 0) is 32.9 Å². The number of aromatic carboxylic acids is 1. The average Bonchev–Trinajstić information content (AvgIpc) is 2.87. The van der Waals surface area contributed by atoms with Crippen LogP contribution in [0.15, 0.2) is 46.2 Å². The summed E-state index contributed by atoms with van der Waals surface area (Å²) in [5.41, 5.74) is -1.72. The summed E-state index contributed by atoms with van der Waals surface area (Å²) in [5.74, 6) is -6.58. The van der Waals surface area contributed by atoms with E-state index >= 15 is 0 Å². The lowest BCUT2D eigenvalue weighted by molar-refractivity contribution is 0.0523. The first kappa shape index (κ1) is 28.1. The van der Waals surface area contributed by atoms with Crippen LogP contribution < -0.4 is 10.9 Å². The molecule has 4 rings (SSSR count). The van der Waals surface area contributed by atoms with E-state index in [1.165, 1.54) is 15.3 Å². The number of aromatic nitrogens is 2. The Hall–Kier alpha value is -4.48. The van der Waals surface area contributed by atoms with Crippen molar-refractivity contribution < 1.29 is 37.0 Å². The predicted octanol–water partition coefficient (Wildman–Crippen LogP) is 4.47. The van der Waals surface area contributed by atoms with Crippen LogP contribution in [0.25, 0.3) is 21.8 Å². The molecule has 0 spiro atoms. The first-order valence-electron chi connectivity index (χ1n) is 11.4.